The van der Waals surface area contributed by atoms with Gasteiger partial charge < -0.3 is 5.32 Å². The van der Waals surface area contributed by atoms with Crippen LogP contribution < -0.4 is 5.32 Å². The summed E-state index contributed by atoms with van der Waals surface area (Å²) in [5.74, 6) is 0.156. The molecule has 8 heteroatoms. The van der Waals surface area contributed by atoms with E-state index in [0.717, 1.165) is 29.7 Å². The first-order valence-corrected chi connectivity index (χ1v) is 12.0. The van der Waals surface area contributed by atoms with Gasteiger partial charge in [0.1, 0.15) is 11.1 Å². The van der Waals surface area contributed by atoms with E-state index >= 15 is 0 Å². The molecule has 29 heavy (non-hydrogen) atoms. The fourth-order valence-electron chi connectivity index (χ4n) is 3.64. The number of benzene rings is 1. The molecule has 0 saturated heterocycles. The van der Waals surface area contributed by atoms with Gasteiger partial charge in [0.25, 0.3) is 5.91 Å². The van der Waals surface area contributed by atoms with Gasteiger partial charge in [-0.15, -0.1) is 11.3 Å². The Balaban J connectivity index is 1.89. The largest absolute Gasteiger partial charge is 0.312 e. The number of sulfonamides is 1. The van der Waals surface area contributed by atoms with Gasteiger partial charge in [-0.1, -0.05) is 26.8 Å². The predicted molar refractivity (Wildman–Crippen MR) is 115 cm³/mol. The van der Waals surface area contributed by atoms with E-state index in [1.165, 1.54) is 27.8 Å². The molecule has 0 bridgehead atoms. The van der Waals surface area contributed by atoms with Crippen LogP contribution in [-0.4, -0.2) is 31.7 Å². The Bertz CT molecular complexity index is 1060. The minimum atomic E-state index is -3.65. The van der Waals surface area contributed by atoms with E-state index in [2.05, 4.69) is 18.3 Å². The highest BCUT2D eigenvalue weighted by atomic mass is 32.2. The molecule has 0 spiro atoms. The molecule has 1 atom stereocenters. The van der Waals surface area contributed by atoms with Crippen LogP contribution in [0.2, 0.25) is 0 Å². The Labute approximate surface area is 176 Å². The molecule has 0 unspecified atom stereocenters. The van der Waals surface area contributed by atoms with Gasteiger partial charge in [-0.2, -0.15) is 9.57 Å². The van der Waals surface area contributed by atoms with E-state index in [-0.39, 0.29) is 10.5 Å². The number of carbonyl (C=O) groups is 1. The summed E-state index contributed by atoms with van der Waals surface area (Å²) in [7, 11) is -3.65. The lowest BCUT2D eigenvalue weighted by molar-refractivity contribution is 0.102. The molecule has 1 aliphatic rings. The fourth-order valence-corrected chi connectivity index (χ4v) is 6.50. The third kappa shape index (κ3) is 4.22. The molecule has 1 aliphatic carbocycles. The number of hydrogen-bond donors (Lipinski definition) is 1. The Morgan fingerprint density at radius 2 is 2.07 bits per heavy atom. The molecule has 1 aromatic heterocycles. The van der Waals surface area contributed by atoms with Crippen molar-refractivity contribution in [2.24, 2.45) is 5.92 Å². The van der Waals surface area contributed by atoms with Crippen LogP contribution in [0.4, 0.5) is 5.00 Å². The van der Waals surface area contributed by atoms with Crippen molar-refractivity contribution in [1.29, 1.82) is 5.26 Å². The summed E-state index contributed by atoms with van der Waals surface area (Å²) < 4.78 is 26.8. The number of hydrogen-bond acceptors (Lipinski definition) is 5. The van der Waals surface area contributed by atoms with Crippen LogP contribution in [-0.2, 0) is 22.9 Å². The zero-order chi connectivity index (χ0) is 21.2. The number of nitriles is 1. The molecule has 1 amide bonds. The van der Waals surface area contributed by atoms with Gasteiger partial charge in [0.05, 0.1) is 10.5 Å². The quantitative estimate of drug-likeness (QED) is 0.748. The van der Waals surface area contributed by atoms with Gasteiger partial charge in [-0.25, -0.2) is 8.42 Å². The van der Waals surface area contributed by atoms with Crippen LogP contribution in [0.5, 0.6) is 0 Å². The van der Waals surface area contributed by atoms with Crippen molar-refractivity contribution in [3.63, 3.8) is 0 Å². The summed E-state index contributed by atoms with van der Waals surface area (Å²) >= 11 is 1.45. The van der Waals surface area contributed by atoms with E-state index in [9.17, 15) is 18.5 Å². The van der Waals surface area contributed by atoms with Gasteiger partial charge in [0, 0.05) is 23.5 Å². The van der Waals surface area contributed by atoms with Gasteiger partial charge in [0.2, 0.25) is 10.0 Å². The Hall–Kier alpha value is -2.21. The molecule has 0 fully saturated rings. The Morgan fingerprint density at radius 3 is 2.72 bits per heavy atom. The highest BCUT2D eigenvalue weighted by Crippen LogP contribution is 2.39. The van der Waals surface area contributed by atoms with Crippen LogP contribution in [0.25, 0.3) is 0 Å². The molecule has 0 radical (unpaired) electrons. The summed E-state index contributed by atoms with van der Waals surface area (Å²) in [5, 5.41) is 13.0. The molecule has 0 aliphatic heterocycles. The summed E-state index contributed by atoms with van der Waals surface area (Å²) in [6.45, 7) is 6.47. The first-order valence-electron chi connectivity index (χ1n) is 9.78. The summed E-state index contributed by atoms with van der Waals surface area (Å²) in [6, 6.07) is 8.27. The van der Waals surface area contributed by atoms with E-state index in [1.54, 1.807) is 26.0 Å². The lowest BCUT2D eigenvalue weighted by Crippen LogP contribution is -2.30. The zero-order valence-corrected chi connectivity index (χ0v) is 18.5. The number of nitrogens with zero attached hydrogens (tertiary/aromatic N) is 2. The molecular weight excluding hydrogens is 406 g/mol. The minimum absolute atomic E-state index is 0.0913. The normalized spacial score (nSPS) is 16.3. The number of fused-ring (bicyclic) bond motifs is 1. The SMILES string of the molecule is CCN(CC)S(=O)(=O)c1cccc(C(=O)Nc2sc3c(c2C#N)CC[C@@H](C)C3)c1. The van der Waals surface area contributed by atoms with E-state index < -0.39 is 15.9 Å². The summed E-state index contributed by atoms with van der Waals surface area (Å²) in [5.41, 5.74) is 1.84. The number of carbonyl (C=O) groups excluding carboxylic acids is 1. The van der Waals surface area contributed by atoms with Gasteiger partial charge in [-0.05, 0) is 48.9 Å². The number of nitrogens with one attached hydrogen (secondary N) is 1. The number of thiophene rings is 1. The van der Waals surface area contributed by atoms with Gasteiger partial charge in [-0.3, -0.25) is 4.79 Å². The van der Waals surface area contributed by atoms with Crippen LogP contribution in [0, 0.1) is 17.2 Å². The second-order valence-electron chi connectivity index (χ2n) is 7.24. The third-order valence-electron chi connectivity index (χ3n) is 5.29. The molecule has 1 heterocycles. The average Bonchev–Trinajstić information content (AvgIpc) is 3.04. The molecule has 6 nitrogen and oxygen atoms in total. The molecular formula is C21H25N3O3S2. The standard InChI is InChI=1S/C21H25N3O3S2/c1-4-24(5-2)29(26,27)16-8-6-7-15(12-16)20(25)23-21-18(13-22)17-10-9-14(3)11-19(17)28-21/h6-8,12,14H,4-5,9-11H2,1-3H3,(H,23,25)/t14-/m1/s1. The van der Waals surface area contributed by atoms with Gasteiger partial charge in [0.15, 0.2) is 0 Å². The zero-order valence-electron chi connectivity index (χ0n) is 16.9. The first kappa shape index (κ1) is 21.5. The maximum absolute atomic E-state index is 12.8. The number of amides is 1. The Morgan fingerprint density at radius 1 is 1.34 bits per heavy atom. The topological polar surface area (TPSA) is 90.3 Å². The lowest BCUT2D eigenvalue weighted by Gasteiger charge is -2.18. The van der Waals surface area contributed by atoms with Crippen molar-refractivity contribution in [3.05, 3.63) is 45.8 Å². The summed E-state index contributed by atoms with van der Waals surface area (Å²) in [4.78, 5) is 14.1. The van der Waals surface area contributed by atoms with E-state index in [0.29, 0.717) is 29.6 Å². The van der Waals surface area contributed by atoms with Crippen molar-refractivity contribution in [1.82, 2.24) is 4.31 Å². The number of anilines is 1. The molecule has 1 aromatic carbocycles. The molecule has 3 rings (SSSR count). The van der Waals surface area contributed by atoms with Crippen LogP contribution in [0.3, 0.4) is 0 Å². The van der Waals surface area contributed by atoms with Crippen molar-refractivity contribution < 1.29 is 13.2 Å². The molecule has 0 saturated carbocycles. The third-order valence-corrected chi connectivity index (χ3v) is 8.51. The molecule has 2 aromatic rings. The maximum atomic E-state index is 12.8. The summed E-state index contributed by atoms with van der Waals surface area (Å²) in [6.07, 6.45) is 2.81. The molecule has 1 N–H and O–H groups in total. The van der Waals surface area contributed by atoms with Crippen molar-refractivity contribution >= 4 is 32.3 Å². The fraction of sp³-hybridized carbons (Fsp3) is 0.429. The van der Waals surface area contributed by atoms with E-state index in [1.807, 2.05) is 0 Å². The molecule has 154 valence electrons. The monoisotopic (exact) mass is 431 g/mol. The number of rotatable bonds is 6. The van der Waals surface area contributed by atoms with Crippen LogP contribution in [0.1, 0.15) is 53.6 Å². The smallest absolute Gasteiger partial charge is 0.256 e. The Kier molecular flexibility index (Phi) is 6.42. The first-order chi connectivity index (χ1) is 13.8. The second-order valence-corrected chi connectivity index (χ2v) is 10.3. The highest BCUT2D eigenvalue weighted by Gasteiger charge is 2.26. The second kappa shape index (κ2) is 8.66. The van der Waals surface area contributed by atoms with Gasteiger partial charge >= 0.3 is 0 Å². The van der Waals surface area contributed by atoms with Crippen LogP contribution >= 0.6 is 11.3 Å². The minimum Gasteiger partial charge on any atom is -0.312 e. The lowest BCUT2D eigenvalue weighted by atomic mass is 9.88. The average molecular weight is 432 g/mol. The van der Waals surface area contributed by atoms with Crippen molar-refractivity contribution in [2.45, 2.75) is 44.9 Å². The van der Waals surface area contributed by atoms with E-state index in [4.69, 9.17) is 0 Å². The maximum Gasteiger partial charge on any atom is 0.256 e. The van der Waals surface area contributed by atoms with Crippen LogP contribution in [0.15, 0.2) is 29.2 Å². The van der Waals surface area contributed by atoms with Crippen molar-refractivity contribution in [3.8, 4) is 6.07 Å². The predicted octanol–water partition coefficient (Wildman–Crippen LogP) is 4.03. The highest BCUT2D eigenvalue weighted by molar-refractivity contribution is 7.89. The van der Waals surface area contributed by atoms with Crippen molar-refractivity contribution in [2.75, 3.05) is 18.4 Å².